The van der Waals surface area contributed by atoms with Crippen molar-refractivity contribution < 1.29 is 5.11 Å². The molecule has 1 atom stereocenters. The van der Waals surface area contributed by atoms with Crippen molar-refractivity contribution >= 4 is 0 Å². The highest BCUT2D eigenvalue weighted by Gasteiger charge is 2.09. The van der Waals surface area contributed by atoms with Crippen LogP contribution < -0.4 is 0 Å². The number of aryl methyl sites for hydroxylation is 1. The van der Waals surface area contributed by atoms with Crippen LogP contribution in [0.4, 0.5) is 0 Å². The largest absolute Gasteiger partial charge is 0.388 e. The summed E-state index contributed by atoms with van der Waals surface area (Å²) in [5, 5.41) is 10.1. The van der Waals surface area contributed by atoms with Gasteiger partial charge >= 0.3 is 0 Å². The van der Waals surface area contributed by atoms with E-state index in [2.05, 4.69) is 16.9 Å². The summed E-state index contributed by atoms with van der Waals surface area (Å²) in [7, 11) is 4.06. The predicted octanol–water partition coefficient (Wildman–Crippen LogP) is 1.98. The normalized spacial score (nSPS) is 12.8. The first kappa shape index (κ1) is 13.8. The third-order valence-electron chi connectivity index (χ3n) is 3.32. The number of rotatable bonds is 6. The molecule has 1 N–H and O–H groups in total. The minimum absolute atomic E-state index is 0.393. The lowest BCUT2D eigenvalue weighted by atomic mass is 10.1. The molecule has 1 aromatic heterocycles. The first-order valence-corrected chi connectivity index (χ1v) is 6.53. The second-order valence-corrected chi connectivity index (χ2v) is 4.95. The van der Waals surface area contributed by atoms with Crippen molar-refractivity contribution in [1.29, 1.82) is 0 Å². The lowest BCUT2D eigenvalue weighted by molar-refractivity contribution is 0.147. The molecule has 0 fully saturated rings. The van der Waals surface area contributed by atoms with Crippen molar-refractivity contribution in [3.05, 3.63) is 54.1 Å². The van der Waals surface area contributed by atoms with Crippen LogP contribution in [0, 0.1) is 0 Å². The van der Waals surface area contributed by atoms with Gasteiger partial charge in [-0.25, -0.2) is 4.98 Å². The van der Waals surface area contributed by atoms with Gasteiger partial charge in [0, 0.05) is 26.3 Å². The second-order valence-electron chi connectivity index (χ2n) is 4.95. The SMILES string of the molecule is CN(CCC(O)c1ccccc1)Cc1cncn1C. The van der Waals surface area contributed by atoms with E-state index in [1.165, 1.54) is 5.69 Å². The Balaban J connectivity index is 1.81. The van der Waals surface area contributed by atoms with Crippen molar-refractivity contribution in [3.63, 3.8) is 0 Å². The summed E-state index contributed by atoms with van der Waals surface area (Å²) in [6.07, 6.45) is 4.03. The first-order valence-electron chi connectivity index (χ1n) is 6.53. The number of aliphatic hydroxyl groups excluding tert-OH is 1. The van der Waals surface area contributed by atoms with Gasteiger partial charge in [-0.2, -0.15) is 0 Å². The molecule has 2 aromatic rings. The monoisotopic (exact) mass is 259 g/mol. The molecule has 0 bridgehead atoms. The summed E-state index contributed by atoms with van der Waals surface area (Å²) in [5.41, 5.74) is 2.16. The topological polar surface area (TPSA) is 41.3 Å². The lowest BCUT2D eigenvalue weighted by Crippen LogP contribution is -2.22. The number of benzene rings is 1. The Morgan fingerprint density at radius 1 is 1.32 bits per heavy atom. The van der Waals surface area contributed by atoms with Gasteiger partial charge < -0.3 is 14.6 Å². The molecule has 1 heterocycles. The van der Waals surface area contributed by atoms with Crippen LogP contribution in [-0.4, -0.2) is 33.1 Å². The van der Waals surface area contributed by atoms with E-state index in [-0.39, 0.29) is 0 Å². The Bertz CT molecular complexity index is 495. The number of hydrogen-bond acceptors (Lipinski definition) is 3. The summed E-state index contributed by atoms with van der Waals surface area (Å²) in [6, 6.07) is 9.80. The van der Waals surface area contributed by atoms with E-state index in [1.54, 1.807) is 0 Å². The smallest absolute Gasteiger partial charge is 0.0945 e. The van der Waals surface area contributed by atoms with Crippen LogP contribution in [0.3, 0.4) is 0 Å². The van der Waals surface area contributed by atoms with Gasteiger partial charge in [0.15, 0.2) is 0 Å². The zero-order chi connectivity index (χ0) is 13.7. The first-order chi connectivity index (χ1) is 9.16. The van der Waals surface area contributed by atoms with E-state index < -0.39 is 6.10 Å². The lowest BCUT2D eigenvalue weighted by Gasteiger charge is -2.19. The Kier molecular flexibility index (Phi) is 4.71. The van der Waals surface area contributed by atoms with Gasteiger partial charge in [0.2, 0.25) is 0 Å². The fourth-order valence-electron chi connectivity index (χ4n) is 2.08. The highest BCUT2D eigenvalue weighted by atomic mass is 16.3. The maximum atomic E-state index is 10.1. The molecule has 0 radical (unpaired) electrons. The summed E-state index contributed by atoms with van der Waals surface area (Å²) in [4.78, 5) is 6.30. The van der Waals surface area contributed by atoms with E-state index in [1.807, 2.05) is 54.5 Å². The van der Waals surface area contributed by atoms with Gasteiger partial charge in [0.1, 0.15) is 0 Å². The maximum absolute atomic E-state index is 10.1. The third-order valence-corrected chi connectivity index (χ3v) is 3.32. The van der Waals surface area contributed by atoms with Gasteiger partial charge in [-0.3, -0.25) is 0 Å². The van der Waals surface area contributed by atoms with E-state index >= 15 is 0 Å². The van der Waals surface area contributed by atoms with Crippen molar-refractivity contribution in [3.8, 4) is 0 Å². The highest BCUT2D eigenvalue weighted by molar-refractivity contribution is 5.17. The van der Waals surface area contributed by atoms with Gasteiger partial charge in [0.25, 0.3) is 0 Å². The summed E-state index contributed by atoms with van der Waals surface area (Å²) < 4.78 is 2.02. The second kappa shape index (κ2) is 6.50. The molecule has 0 amide bonds. The van der Waals surface area contributed by atoms with Crippen molar-refractivity contribution in [1.82, 2.24) is 14.5 Å². The van der Waals surface area contributed by atoms with Crippen LogP contribution in [0.1, 0.15) is 23.8 Å². The van der Waals surface area contributed by atoms with E-state index in [9.17, 15) is 5.11 Å². The van der Waals surface area contributed by atoms with Crippen LogP contribution in [0.15, 0.2) is 42.9 Å². The minimum Gasteiger partial charge on any atom is -0.388 e. The predicted molar refractivity (Wildman–Crippen MR) is 75.6 cm³/mol. The van der Waals surface area contributed by atoms with Crippen LogP contribution in [0.2, 0.25) is 0 Å². The Labute approximate surface area is 114 Å². The molecule has 0 aliphatic heterocycles. The highest BCUT2D eigenvalue weighted by Crippen LogP contribution is 2.16. The fraction of sp³-hybridized carbons (Fsp3) is 0.400. The summed E-state index contributed by atoms with van der Waals surface area (Å²) in [6.45, 7) is 1.69. The molecule has 0 spiro atoms. The standard InChI is InChI=1S/C15H21N3O/c1-17(11-14-10-16-12-18(14)2)9-8-15(19)13-6-4-3-5-7-13/h3-7,10,12,15,19H,8-9,11H2,1-2H3. The minimum atomic E-state index is -0.393. The van der Waals surface area contributed by atoms with Gasteiger partial charge in [-0.05, 0) is 19.0 Å². The van der Waals surface area contributed by atoms with Crippen molar-refractivity contribution in [2.75, 3.05) is 13.6 Å². The average molecular weight is 259 g/mol. The molecule has 1 unspecified atom stereocenters. The molecule has 0 saturated carbocycles. The molecule has 102 valence electrons. The number of hydrogen-bond donors (Lipinski definition) is 1. The van der Waals surface area contributed by atoms with Crippen molar-refractivity contribution in [2.45, 2.75) is 19.1 Å². The number of aromatic nitrogens is 2. The molecular weight excluding hydrogens is 238 g/mol. The molecule has 0 saturated heterocycles. The summed E-state index contributed by atoms with van der Waals surface area (Å²) >= 11 is 0. The molecule has 4 nitrogen and oxygen atoms in total. The molecule has 2 rings (SSSR count). The quantitative estimate of drug-likeness (QED) is 0.862. The zero-order valence-electron chi connectivity index (χ0n) is 11.5. The molecule has 0 aliphatic rings. The van der Waals surface area contributed by atoms with Crippen molar-refractivity contribution in [2.24, 2.45) is 7.05 Å². The zero-order valence-corrected chi connectivity index (χ0v) is 11.5. The van der Waals surface area contributed by atoms with E-state index in [4.69, 9.17) is 0 Å². The Hall–Kier alpha value is -1.65. The third kappa shape index (κ3) is 3.91. The van der Waals surface area contributed by atoms with Gasteiger partial charge in [-0.1, -0.05) is 30.3 Å². The molecule has 4 heteroatoms. The Morgan fingerprint density at radius 3 is 2.68 bits per heavy atom. The number of nitrogens with zero attached hydrogens (tertiary/aromatic N) is 3. The van der Waals surface area contributed by atoms with E-state index in [0.717, 1.165) is 25.1 Å². The molecular formula is C15H21N3O. The average Bonchev–Trinajstić information content (AvgIpc) is 2.82. The van der Waals surface area contributed by atoms with Crippen LogP contribution in [0.5, 0.6) is 0 Å². The van der Waals surface area contributed by atoms with E-state index in [0.29, 0.717) is 0 Å². The molecule has 0 aliphatic carbocycles. The van der Waals surface area contributed by atoms with Gasteiger partial charge in [-0.15, -0.1) is 0 Å². The number of aliphatic hydroxyl groups is 1. The molecule has 19 heavy (non-hydrogen) atoms. The fourth-order valence-corrected chi connectivity index (χ4v) is 2.08. The van der Waals surface area contributed by atoms with Gasteiger partial charge in [0.05, 0.1) is 18.1 Å². The number of imidazole rings is 1. The maximum Gasteiger partial charge on any atom is 0.0945 e. The van der Waals surface area contributed by atoms with Crippen LogP contribution in [-0.2, 0) is 13.6 Å². The van der Waals surface area contributed by atoms with Crippen LogP contribution >= 0.6 is 0 Å². The summed E-state index contributed by atoms with van der Waals surface area (Å²) in [5.74, 6) is 0. The van der Waals surface area contributed by atoms with Crippen LogP contribution in [0.25, 0.3) is 0 Å². The Morgan fingerprint density at radius 2 is 2.05 bits per heavy atom. The molecule has 1 aromatic carbocycles.